The first-order valence-electron chi connectivity index (χ1n) is 18.1. The Morgan fingerprint density at radius 1 is 0.415 bits per heavy atom. The standard InChI is InChI=1S/C40H70N/c1-4-7-10-13-16-19-22-25-31-36-41(39-40-34-29-28-30-35-40,37-32-26-23-20-17-14-11-8-5-2)38-33-27-24-21-18-15-12-9-6-3/h13-18,28-30,34-35H,4-12,19-27,31-33,36-39H2,1-3H3/q+1/b16-13+,17-14+,18-15+. The Balaban J connectivity index is 2.69. The molecule has 0 spiro atoms. The minimum atomic E-state index is 1.21. The molecule has 234 valence electrons. The van der Waals surface area contributed by atoms with E-state index in [1.807, 2.05) is 0 Å². The molecule has 0 fully saturated rings. The summed E-state index contributed by atoms with van der Waals surface area (Å²) < 4.78 is 1.30. The third-order valence-electron chi connectivity index (χ3n) is 8.54. The van der Waals surface area contributed by atoms with Crippen molar-refractivity contribution < 1.29 is 4.48 Å². The highest BCUT2D eigenvalue weighted by molar-refractivity contribution is 5.13. The van der Waals surface area contributed by atoms with Crippen molar-refractivity contribution in [3.8, 4) is 0 Å². The summed E-state index contributed by atoms with van der Waals surface area (Å²) in [5.74, 6) is 0. The molecule has 0 amide bonds. The second-order valence-electron chi connectivity index (χ2n) is 12.5. The maximum atomic E-state index is 2.44. The van der Waals surface area contributed by atoms with Gasteiger partial charge in [0.1, 0.15) is 6.54 Å². The maximum Gasteiger partial charge on any atom is 0.104 e. The lowest BCUT2D eigenvalue weighted by molar-refractivity contribution is -0.941. The van der Waals surface area contributed by atoms with Crippen molar-refractivity contribution in [2.24, 2.45) is 0 Å². The number of allylic oxidation sites excluding steroid dienone is 6. The smallest absolute Gasteiger partial charge is 0.104 e. The van der Waals surface area contributed by atoms with E-state index in [9.17, 15) is 0 Å². The first-order valence-corrected chi connectivity index (χ1v) is 18.1. The van der Waals surface area contributed by atoms with Gasteiger partial charge in [-0.15, -0.1) is 0 Å². The van der Waals surface area contributed by atoms with Crippen molar-refractivity contribution in [1.29, 1.82) is 0 Å². The Morgan fingerprint density at radius 3 is 1.10 bits per heavy atom. The molecule has 1 rings (SSSR count). The molecule has 0 radical (unpaired) electrons. The first kappa shape index (κ1) is 37.4. The molecule has 41 heavy (non-hydrogen) atoms. The van der Waals surface area contributed by atoms with Gasteiger partial charge >= 0.3 is 0 Å². The van der Waals surface area contributed by atoms with Crippen LogP contribution in [-0.4, -0.2) is 24.1 Å². The van der Waals surface area contributed by atoms with Crippen LogP contribution in [0.15, 0.2) is 66.8 Å². The molecule has 0 saturated heterocycles. The van der Waals surface area contributed by atoms with Gasteiger partial charge in [0.05, 0.1) is 19.6 Å². The molecular weight excluding hydrogens is 494 g/mol. The Labute approximate surface area is 258 Å². The number of rotatable bonds is 29. The average Bonchev–Trinajstić information content (AvgIpc) is 2.99. The zero-order chi connectivity index (χ0) is 29.5. The summed E-state index contributed by atoms with van der Waals surface area (Å²) >= 11 is 0. The Hall–Kier alpha value is -1.60. The van der Waals surface area contributed by atoms with Crippen LogP contribution in [0.4, 0.5) is 0 Å². The predicted molar refractivity (Wildman–Crippen MR) is 186 cm³/mol. The van der Waals surface area contributed by atoms with Crippen LogP contribution in [-0.2, 0) is 6.54 Å². The van der Waals surface area contributed by atoms with Crippen molar-refractivity contribution in [3.63, 3.8) is 0 Å². The maximum absolute atomic E-state index is 2.44. The topological polar surface area (TPSA) is 0 Å². The van der Waals surface area contributed by atoms with Crippen LogP contribution < -0.4 is 0 Å². The minimum Gasteiger partial charge on any atom is -0.320 e. The van der Waals surface area contributed by atoms with Crippen LogP contribution >= 0.6 is 0 Å². The fourth-order valence-electron chi connectivity index (χ4n) is 5.87. The minimum absolute atomic E-state index is 1.21. The third kappa shape index (κ3) is 22.6. The van der Waals surface area contributed by atoms with Crippen molar-refractivity contribution in [2.45, 2.75) is 162 Å². The number of hydrogen-bond acceptors (Lipinski definition) is 0. The number of hydrogen-bond donors (Lipinski definition) is 0. The van der Waals surface area contributed by atoms with Crippen molar-refractivity contribution in [1.82, 2.24) is 0 Å². The molecule has 0 heterocycles. The summed E-state index contributed by atoms with van der Waals surface area (Å²) in [5, 5.41) is 0. The Kier molecular flexibility index (Phi) is 26.0. The zero-order valence-electron chi connectivity index (χ0n) is 28.0. The van der Waals surface area contributed by atoms with Gasteiger partial charge in [0.2, 0.25) is 0 Å². The molecule has 0 aromatic heterocycles. The molecule has 1 heteroatoms. The van der Waals surface area contributed by atoms with Crippen LogP contribution in [0.2, 0.25) is 0 Å². The van der Waals surface area contributed by atoms with Crippen LogP contribution in [0.5, 0.6) is 0 Å². The van der Waals surface area contributed by atoms with Crippen LogP contribution in [0, 0.1) is 0 Å². The van der Waals surface area contributed by atoms with Gasteiger partial charge in [0, 0.05) is 5.56 Å². The van der Waals surface area contributed by atoms with Gasteiger partial charge in [0.25, 0.3) is 0 Å². The van der Waals surface area contributed by atoms with E-state index in [0.717, 1.165) is 0 Å². The molecule has 0 bridgehead atoms. The van der Waals surface area contributed by atoms with Gasteiger partial charge in [-0.3, -0.25) is 0 Å². The number of quaternary nitrogens is 1. The van der Waals surface area contributed by atoms with E-state index in [-0.39, 0.29) is 0 Å². The van der Waals surface area contributed by atoms with Gasteiger partial charge in [-0.2, -0.15) is 0 Å². The lowest BCUT2D eigenvalue weighted by Crippen LogP contribution is -2.49. The summed E-state index contributed by atoms with van der Waals surface area (Å²) in [6.07, 6.45) is 42.3. The van der Waals surface area contributed by atoms with E-state index in [2.05, 4.69) is 87.6 Å². The quantitative estimate of drug-likeness (QED) is 0.0515. The summed E-state index contributed by atoms with van der Waals surface area (Å²) in [6, 6.07) is 11.4. The molecule has 0 atom stereocenters. The largest absolute Gasteiger partial charge is 0.320 e. The molecule has 1 aromatic rings. The van der Waals surface area contributed by atoms with E-state index < -0.39 is 0 Å². The van der Waals surface area contributed by atoms with E-state index in [4.69, 9.17) is 0 Å². The predicted octanol–water partition coefficient (Wildman–Crippen LogP) is 12.9. The summed E-state index contributed by atoms with van der Waals surface area (Å²) in [5.41, 5.74) is 1.53. The number of nitrogens with zero attached hydrogens (tertiary/aromatic N) is 1. The molecule has 1 nitrogen and oxygen atoms in total. The lowest BCUT2D eigenvalue weighted by Gasteiger charge is -2.39. The Bertz CT molecular complexity index is 674. The molecule has 0 aliphatic carbocycles. The summed E-state index contributed by atoms with van der Waals surface area (Å²) in [7, 11) is 0. The second kappa shape index (κ2) is 28.5. The third-order valence-corrected chi connectivity index (χ3v) is 8.54. The summed E-state index contributed by atoms with van der Waals surface area (Å²) in [4.78, 5) is 0. The summed E-state index contributed by atoms with van der Waals surface area (Å²) in [6.45, 7) is 12.1. The van der Waals surface area contributed by atoms with E-state index in [1.165, 1.54) is 171 Å². The van der Waals surface area contributed by atoms with E-state index >= 15 is 0 Å². The number of unbranched alkanes of at least 4 members (excludes halogenated alkanes) is 15. The molecule has 0 unspecified atom stereocenters. The molecule has 0 N–H and O–H groups in total. The Morgan fingerprint density at radius 2 is 0.756 bits per heavy atom. The van der Waals surface area contributed by atoms with Crippen molar-refractivity contribution in [2.75, 3.05) is 19.6 Å². The SMILES string of the molecule is CCCC/C=C/CCCCC[N+](CCCCC/C=C/CCCC)(CCCCC/C=C/CCCC)Cc1ccccc1. The van der Waals surface area contributed by atoms with Crippen LogP contribution in [0.3, 0.4) is 0 Å². The highest BCUT2D eigenvalue weighted by Crippen LogP contribution is 2.22. The van der Waals surface area contributed by atoms with Gasteiger partial charge < -0.3 is 4.48 Å². The highest BCUT2D eigenvalue weighted by atomic mass is 15.3. The van der Waals surface area contributed by atoms with Gasteiger partial charge in [-0.1, -0.05) is 126 Å². The van der Waals surface area contributed by atoms with Crippen molar-refractivity contribution >= 4 is 0 Å². The first-order chi connectivity index (χ1) is 20.3. The number of benzene rings is 1. The second-order valence-corrected chi connectivity index (χ2v) is 12.5. The molecule has 0 saturated carbocycles. The lowest BCUT2D eigenvalue weighted by atomic mass is 10.1. The van der Waals surface area contributed by atoms with Gasteiger partial charge in [-0.25, -0.2) is 0 Å². The fourth-order valence-corrected chi connectivity index (χ4v) is 5.87. The molecule has 0 aliphatic rings. The molecular formula is C40H70N+. The fraction of sp³-hybridized carbons (Fsp3) is 0.700. The van der Waals surface area contributed by atoms with E-state index in [0.29, 0.717) is 0 Å². The molecule has 1 aromatic carbocycles. The molecule has 0 aliphatic heterocycles. The highest BCUT2D eigenvalue weighted by Gasteiger charge is 2.26. The monoisotopic (exact) mass is 565 g/mol. The van der Waals surface area contributed by atoms with Crippen LogP contribution in [0.25, 0.3) is 0 Å². The van der Waals surface area contributed by atoms with Gasteiger partial charge in [-0.05, 0) is 96.3 Å². The van der Waals surface area contributed by atoms with Crippen LogP contribution in [0.1, 0.15) is 161 Å². The van der Waals surface area contributed by atoms with E-state index in [1.54, 1.807) is 0 Å². The zero-order valence-corrected chi connectivity index (χ0v) is 28.0. The normalized spacial score (nSPS) is 12.5. The average molecular weight is 565 g/mol. The van der Waals surface area contributed by atoms with Gasteiger partial charge in [0.15, 0.2) is 0 Å². The van der Waals surface area contributed by atoms with Crippen molar-refractivity contribution in [3.05, 3.63) is 72.4 Å².